The molecule has 23 heavy (non-hydrogen) atoms. The minimum atomic E-state index is -4.06. The highest BCUT2D eigenvalue weighted by Crippen LogP contribution is 2.22. The molecule has 5 nitrogen and oxygen atoms in total. The van der Waals surface area contributed by atoms with E-state index < -0.39 is 32.1 Å². The van der Waals surface area contributed by atoms with Gasteiger partial charge in [0.05, 0.1) is 12.1 Å². The summed E-state index contributed by atoms with van der Waals surface area (Å²) >= 11 is 0. The van der Waals surface area contributed by atoms with Crippen LogP contribution in [0.1, 0.15) is 18.4 Å². The van der Waals surface area contributed by atoms with Gasteiger partial charge in [0.2, 0.25) is 10.0 Å². The molecule has 9 heteroatoms. The molecule has 1 saturated heterocycles. The zero-order valence-corrected chi connectivity index (χ0v) is 14.6. The van der Waals surface area contributed by atoms with Gasteiger partial charge in [0.15, 0.2) is 0 Å². The lowest BCUT2D eigenvalue weighted by Crippen LogP contribution is -2.52. The fourth-order valence-electron chi connectivity index (χ4n) is 2.62. The molecule has 132 valence electrons. The Hall–Kier alpha value is -0.800. The van der Waals surface area contributed by atoms with E-state index >= 15 is 0 Å². The summed E-state index contributed by atoms with van der Waals surface area (Å²) in [7, 11) is -2.52. The van der Waals surface area contributed by atoms with Crippen LogP contribution < -0.4 is 10.0 Å². The fourth-order valence-corrected chi connectivity index (χ4v) is 3.89. The van der Waals surface area contributed by atoms with Crippen molar-refractivity contribution in [1.29, 1.82) is 0 Å². The number of halogens is 3. The van der Waals surface area contributed by atoms with Crippen molar-refractivity contribution in [2.75, 3.05) is 26.8 Å². The zero-order chi connectivity index (χ0) is 16.4. The second-order valence-corrected chi connectivity index (χ2v) is 7.34. The summed E-state index contributed by atoms with van der Waals surface area (Å²) in [6.45, 7) is 2.59. The maximum Gasteiger partial charge on any atom is 0.243 e. The molecule has 0 radical (unpaired) electrons. The first-order chi connectivity index (χ1) is 10.3. The number of sulfonamides is 1. The van der Waals surface area contributed by atoms with Gasteiger partial charge in [-0.1, -0.05) is 0 Å². The summed E-state index contributed by atoms with van der Waals surface area (Å²) in [6, 6.07) is 1.58. The first-order valence-corrected chi connectivity index (χ1v) is 8.47. The molecule has 0 aromatic heterocycles. The highest BCUT2D eigenvalue weighted by Gasteiger charge is 2.35. The largest absolute Gasteiger partial charge is 0.383 e. The van der Waals surface area contributed by atoms with Crippen LogP contribution in [0.3, 0.4) is 0 Å². The van der Waals surface area contributed by atoms with Crippen molar-refractivity contribution >= 4 is 22.4 Å². The van der Waals surface area contributed by atoms with E-state index in [1.165, 1.54) is 6.92 Å². The van der Waals surface area contributed by atoms with Gasteiger partial charge in [-0.05, 0) is 37.9 Å². The second kappa shape index (κ2) is 7.85. The predicted octanol–water partition coefficient (Wildman–Crippen LogP) is 1.74. The number of aryl methyl sites for hydroxylation is 1. The van der Waals surface area contributed by atoms with Crippen LogP contribution in [0.25, 0.3) is 0 Å². The predicted molar refractivity (Wildman–Crippen MR) is 85.4 cm³/mol. The number of rotatable bonds is 6. The highest BCUT2D eigenvalue weighted by molar-refractivity contribution is 7.89. The summed E-state index contributed by atoms with van der Waals surface area (Å²) in [5, 5.41) is 3.22. The van der Waals surface area contributed by atoms with Crippen LogP contribution >= 0.6 is 12.4 Å². The number of hydrogen-bond donors (Lipinski definition) is 2. The van der Waals surface area contributed by atoms with Gasteiger partial charge in [0.25, 0.3) is 0 Å². The highest BCUT2D eigenvalue weighted by atomic mass is 35.5. The molecule has 1 aliphatic rings. The first-order valence-electron chi connectivity index (χ1n) is 6.99. The van der Waals surface area contributed by atoms with Crippen LogP contribution in [0.5, 0.6) is 0 Å². The average Bonchev–Trinajstić information content (AvgIpc) is 2.90. The van der Waals surface area contributed by atoms with Crippen molar-refractivity contribution < 1.29 is 21.9 Å². The third kappa shape index (κ3) is 4.60. The van der Waals surface area contributed by atoms with Gasteiger partial charge in [0, 0.05) is 19.7 Å². The molecule has 1 aromatic rings. The molecule has 0 bridgehead atoms. The molecule has 2 N–H and O–H groups in total. The Balaban J connectivity index is 0.00000264. The minimum absolute atomic E-state index is 0. The molecule has 1 atom stereocenters. The van der Waals surface area contributed by atoms with Crippen molar-refractivity contribution in [2.45, 2.75) is 30.2 Å². The Morgan fingerprint density at radius 1 is 1.35 bits per heavy atom. The van der Waals surface area contributed by atoms with E-state index in [-0.39, 0.29) is 24.5 Å². The molecule has 0 amide bonds. The Labute approximate surface area is 141 Å². The van der Waals surface area contributed by atoms with Crippen LogP contribution in [0.15, 0.2) is 17.0 Å². The van der Waals surface area contributed by atoms with Gasteiger partial charge in [-0.3, -0.25) is 0 Å². The third-order valence-corrected chi connectivity index (χ3v) is 5.27. The van der Waals surface area contributed by atoms with E-state index in [0.29, 0.717) is 12.7 Å². The summed E-state index contributed by atoms with van der Waals surface area (Å²) in [5.74, 6) is -1.87. The lowest BCUT2D eigenvalue weighted by molar-refractivity contribution is 0.122. The van der Waals surface area contributed by atoms with Crippen molar-refractivity contribution in [2.24, 2.45) is 0 Å². The van der Waals surface area contributed by atoms with Crippen molar-refractivity contribution in [3.05, 3.63) is 29.3 Å². The van der Waals surface area contributed by atoms with Crippen molar-refractivity contribution in [1.82, 2.24) is 10.0 Å². The normalized spacial score (nSPS) is 21.2. The van der Waals surface area contributed by atoms with Crippen molar-refractivity contribution in [3.8, 4) is 0 Å². The van der Waals surface area contributed by atoms with Crippen LogP contribution in [-0.2, 0) is 14.8 Å². The SMILES string of the molecule is COCC1(CNS(=O)(=O)c2cc(C)c(F)cc2F)CCCN1.Cl. The first kappa shape index (κ1) is 20.2. The van der Waals surface area contributed by atoms with E-state index in [0.717, 1.165) is 25.5 Å². The van der Waals surface area contributed by atoms with Gasteiger partial charge in [-0.25, -0.2) is 21.9 Å². The van der Waals surface area contributed by atoms with Crippen molar-refractivity contribution in [3.63, 3.8) is 0 Å². The number of nitrogens with one attached hydrogen (secondary N) is 2. The van der Waals surface area contributed by atoms with Gasteiger partial charge < -0.3 is 10.1 Å². The minimum Gasteiger partial charge on any atom is -0.383 e. The summed E-state index contributed by atoms with van der Waals surface area (Å²) in [4.78, 5) is -0.544. The summed E-state index contributed by atoms with van der Waals surface area (Å²) in [5.41, 5.74) is -0.416. The molecule has 1 fully saturated rings. The van der Waals surface area contributed by atoms with Crippen LogP contribution in [0.4, 0.5) is 8.78 Å². The number of benzene rings is 1. The van der Waals surface area contributed by atoms with Gasteiger partial charge in [-0.2, -0.15) is 0 Å². The molecule has 1 aliphatic heterocycles. The maximum absolute atomic E-state index is 13.8. The van der Waals surface area contributed by atoms with E-state index in [2.05, 4.69) is 10.0 Å². The molecule has 2 rings (SSSR count). The van der Waals surface area contributed by atoms with Gasteiger partial charge in [-0.15, -0.1) is 12.4 Å². The lowest BCUT2D eigenvalue weighted by atomic mass is 9.99. The van der Waals surface area contributed by atoms with Crippen LogP contribution in [0, 0.1) is 18.6 Å². The zero-order valence-electron chi connectivity index (χ0n) is 13.0. The Kier molecular flexibility index (Phi) is 6.91. The van der Waals surface area contributed by atoms with Gasteiger partial charge in [0.1, 0.15) is 16.5 Å². The maximum atomic E-state index is 13.8. The van der Waals surface area contributed by atoms with Crippen LogP contribution in [-0.4, -0.2) is 40.8 Å². The molecular weight excluding hydrogens is 350 g/mol. The molecule has 1 unspecified atom stereocenters. The summed E-state index contributed by atoms with van der Waals surface area (Å²) < 4.78 is 59.1. The lowest BCUT2D eigenvalue weighted by Gasteiger charge is -2.28. The monoisotopic (exact) mass is 370 g/mol. The molecule has 1 heterocycles. The molecule has 1 aromatic carbocycles. The Bertz CT molecular complexity index is 650. The smallest absolute Gasteiger partial charge is 0.243 e. The fraction of sp³-hybridized carbons (Fsp3) is 0.571. The van der Waals surface area contributed by atoms with E-state index in [9.17, 15) is 17.2 Å². The number of hydrogen-bond acceptors (Lipinski definition) is 4. The van der Waals surface area contributed by atoms with Crippen LogP contribution in [0.2, 0.25) is 0 Å². The number of ether oxygens (including phenoxy) is 1. The Morgan fingerprint density at radius 3 is 2.61 bits per heavy atom. The number of methoxy groups -OCH3 is 1. The molecule has 0 spiro atoms. The standard InChI is InChI=1S/C14H20F2N2O3S.ClH/c1-10-6-13(12(16)7-11(10)15)22(19,20)18-8-14(9-21-2)4-3-5-17-14;/h6-7,17-18H,3-5,8-9H2,1-2H3;1H. The molecular formula is C14H21ClF2N2O3S. The van der Waals surface area contributed by atoms with E-state index in [4.69, 9.17) is 4.74 Å². The topological polar surface area (TPSA) is 67.4 Å². The summed E-state index contributed by atoms with van der Waals surface area (Å²) in [6.07, 6.45) is 1.67. The third-order valence-electron chi connectivity index (χ3n) is 3.86. The quantitative estimate of drug-likeness (QED) is 0.800. The molecule has 0 aliphatic carbocycles. The average molecular weight is 371 g/mol. The Morgan fingerprint density at radius 2 is 2.04 bits per heavy atom. The van der Waals surface area contributed by atoms with E-state index in [1.807, 2.05) is 0 Å². The second-order valence-electron chi connectivity index (χ2n) is 5.60. The van der Waals surface area contributed by atoms with Gasteiger partial charge >= 0.3 is 0 Å². The van der Waals surface area contributed by atoms with E-state index in [1.54, 1.807) is 7.11 Å². The molecule has 0 saturated carbocycles.